The number of ketones is 1. The van der Waals surface area contributed by atoms with Crippen molar-refractivity contribution >= 4 is 11.7 Å². The molecule has 0 saturated heterocycles. The van der Waals surface area contributed by atoms with Crippen LogP contribution in [0.3, 0.4) is 0 Å². The van der Waals surface area contributed by atoms with E-state index in [-0.39, 0.29) is 28.4 Å². The van der Waals surface area contributed by atoms with Crippen molar-refractivity contribution in [3.8, 4) is 0 Å². The van der Waals surface area contributed by atoms with Crippen LogP contribution < -0.4 is 11.1 Å². The maximum Gasteiger partial charge on any atom is 0.449 e. The van der Waals surface area contributed by atoms with Gasteiger partial charge in [-0.05, 0) is 109 Å². The number of furan rings is 2. The van der Waals surface area contributed by atoms with E-state index in [1.165, 1.54) is 57.1 Å². The molecule has 2 aromatic heterocycles. The first-order valence-corrected chi connectivity index (χ1v) is 26.2. The molecule has 4 rings (SSSR count). The van der Waals surface area contributed by atoms with E-state index in [1.54, 1.807) is 6.26 Å². The van der Waals surface area contributed by atoms with Crippen LogP contribution >= 0.6 is 0 Å². The maximum atomic E-state index is 12.2. The molecule has 6 nitrogen and oxygen atoms in total. The highest BCUT2D eigenvalue weighted by Gasteiger charge is 2.34. The van der Waals surface area contributed by atoms with Crippen LogP contribution in [0.25, 0.3) is 0 Å². The van der Waals surface area contributed by atoms with Crippen molar-refractivity contribution in [1.29, 1.82) is 0 Å². The molecule has 4 aromatic rings. The third-order valence-electron chi connectivity index (χ3n) is 9.29. The molecule has 0 spiro atoms. The zero-order chi connectivity index (χ0) is 57.2. The van der Waals surface area contributed by atoms with Crippen molar-refractivity contribution in [3.05, 3.63) is 120 Å². The lowest BCUT2D eigenvalue weighted by atomic mass is 9.88. The van der Waals surface area contributed by atoms with E-state index < -0.39 is 11.9 Å². The van der Waals surface area contributed by atoms with Crippen LogP contribution in [0.5, 0.6) is 0 Å². The summed E-state index contributed by atoms with van der Waals surface area (Å²) in [5.74, 6) is 1.17. The molecule has 416 valence electrons. The zero-order valence-corrected chi connectivity index (χ0v) is 50.4. The monoisotopic (exact) mass is 1010 g/mol. The smallest absolute Gasteiger partial charge is 0.449 e. The number of aryl methyl sites for hydroxylation is 2. The summed E-state index contributed by atoms with van der Waals surface area (Å²) in [7, 11) is 0. The Kier molecular flexibility index (Phi) is 38.0. The van der Waals surface area contributed by atoms with Crippen molar-refractivity contribution in [2.24, 2.45) is 38.7 Å². The predicted octanol–water partition coefficient (Wildman–Crippen LogP) is 19.8. The average Bonchev–Trinajstić information content (AvgIpc) is 3.92. The Bertz CT molecular complexity index is 1860. The number of nitrogens with two attached hydrogens (primary N) is 1. The Morgan fingerprint density at radius 3 is 1.29 bits per heavy atom. The van der Waals surface area contributed by atoms with Crippen LogP contribution in [-0.4, -0.2) is 17.2 Å². The first-order chi connectivity index (χ1) is 32.4. The van der Waals surface area contributed by atoms with Gasteiger partial charge >= 0.3 is 6.18 Å². The first-order valence-electron chi connectivity index (χ1n) is 26.2. The van der Waals surface area contributed by atoms with Gasteiger partial charge in [-0.15, -0.1) is 0 Å². The summed E-state index contributed by atoms with van der Waals surface area (Å²) in [5, 5.41) is 3.04. The maximum absolute atomic E-state index is 12.2. The van der Waals surface area contributed by atoms with E-state index >= 15 is 0 Å². The molecule has 0 saturated carbocycles. The standard InChI is InChI=1S/C12H16O.C12H18.C10H14F3NO.C10H16O.C7H16.C6H14.C4H10.C2H5NO/c1-12(2,3)9-11(13)10-7-5-4-6-8-10;1-12(2,3)10-9-11-7-5-4-6-8-11;1-9(2,3)14-6-7-4-5-8(15-7)10(11,12)13;1-10(2,3)7-6-9-5-4-8-11-9;1-5-6-7(2,3)4;1-5-6(2,3)4;1-4(2)3;1-2(3)4/h4-8H,9H2,1-3H3;4-8H,9-10H2,1-3H3;4-5,14H,6H2,1-3H3;4-5,8H,6-7H2,1-3H3;5-6H2,1-4H3;5H2,1-4H3;4H,1-3H3;1H3,(H2,3,4). The van der Waals surface area contributed by atoms with Crippen LogP contribution in [0, 0.1) is 33.0 Å². The Labute approximate surface area is 441 Å². The van der Waals surface area contributed by atoms with Crippen LogP contribution in [0.4, 0.5) is 13.2 Å². The Balaban J connectivity index is -0.000000381. The fourth-order valence-corrected chi connectivity index (χ4v) is 5.05. The minimum Gasteiger partial charge on any atom is -0.469 e. The van der Waals surface area contributed by atoms with Gasteiger partial charge in [-0.2, -0.15) is 13.2 Å². The summed E-state index contributed by atoms with van der Waals surface area (Å²) >= 11 is 0. The number of amides is 1. The largest absolute Gasteiger partial charge is 0.469 e. The van der Waals surface area contributed by atoms with E-state index in [0.29, 0.717) is 34.6 Å². The zero-order valence-electron chi connectivity index (χ0n) is 50.4. The van der Waals surface area contributed by atoms with Crippen molar-refractivity contribution in [2.75, 3.05) is 0 Å². The number of rotatable bonds is 9. The second-order valence-corrected chi connectivity index (χ2v) is 26.1. The number of nitrogens with one attached hydrogen (secondary N) is 1. The number of Topliss-reactive ketones (excluding diaryl/α,β-unsaturated/α-hetero) is 1. The number of alkyl halides is 3. The SMILES string of the molecule is CC(C)(C)CC(=O)c1ccccc1.CC(C)(C)CCc1ccccc1.CC(C)(C)CCc1ccco1.CC(C)(C)NCc1ccc(C(F)(F)F)o1.CC(C)C.CC(N)=O.CCC(C)(C)C.CCCC(C)(C)C. The van der Waals surface area contributed by atoms with Gasteiger partial charge in [-0.1, -0.05) is 212 Å². The summed E-state index contributed by atoms with van der Waals surface area (Å²) in [6, 6.07) is 26.4. The van der Waals surface area contributed by atoms with E-state index in [4.69, 9.17) is 4.42 Å². The molecule has 0 bridgehead atoms. The molecule has 0 unspecified atom stereocenters. The number of hydrogen-bond acceptors (Lipinski definition) is 5. The topological polar surface area (TPSA) is 98.5 Å². The first kappa shape index (κ1) is 74.4. The summed E-state index contributed by atoms with van der Waals surface area (Å²) in [4.78, 5) is 20.9. The number of carbonyl (C=O) groups is 2. The highest BCUT2D eigenvalue weighted by molar-refractivity contribution is 5.96. The Hall–Kier alpha value is -4.11. The highest BCUT2D eigenvalue weighted by atomic mass is 19.4. The van der Waals surface area contributed by atoms with Crippen molar-refractivity contribution in [2.45, 2.75) is 236 Å². The summed E-state index contributed by atoms with van der Waals surface area (Å²) in [6.45, 7) is 51.7. The van der Waals surface area contributed by atoms with E-state index in [1.807, 2.05) is 63.2 Å². The van der Waals surface area contributed by atoms with Gasteiger partial charge < -0.3 is 19.9 Å². The molecule has 0 fully saturated rings. The minimum absolute atomic E-state index is 0.0763. The van der Waals surface area contributed by atoms with Gasteiger partial charge in [-0.3, -0.25) is 9.59 Å². The number of halogens is 3. The lowest BCUT2D eigenvalue weighted by molar-refractivity contribution is -0.153. The number of carbonyl (C=O) groups excluding carboxylic acids is 2. The van der Waals surface area contributed by atoms with Gasteiger partial charge in [0.2, 0.25) is 11.7 Å². The summed E-state index contributed by atoms with van der Waals surface area (Å²) < 4.78 is 46.4. The molecule has 0 aliphatic rings. The molecular formula is C63H109F3N2O4. The van der Waals surface area contributed by atoms with Crippen LogP contribution in [0.15, 0.2) is 100 Å². The quantitative estimate of drug-likeness (QED) is 0.163. The summed E-state index contributed by atoms with van der Waals surface area (Å²) in [5.41, 5.74) is 8.63. The van der Waals surface area contributed by atoms with Crippen molar-refractivity contribution in [3.63, 3.8) is 0 Å². The number of benzene rings is 2. The molecule has 0 aliphatic heterocycles. The molecule has 2 aromatic carbocycles. The van der Waals surface area contributed by atoms with Gasteiger partial charge in [0.1, 0.15) is 11.5 Å². The van der Waals surface area contributed by atoms with Crippen LogP contribution in [0.2, 0.25) is 0 Å². The molecule has 3 N–H and O–H groups in total. The van der Waals surface area contributed by atoms with E-state index in [9.17, 15) is 22.8 Å². The molecule has 0 aliphatic carbocycles. The van der Waals surface area contributed by atoms with Gasteiger partial charge in [0.25, 0.3) is 0 Å². The molecule has 72 heavy (non-hydrogen) atoms. The Morgan fingerprint density at radius 1 is 0.569 bits per heavy atom. The van der Waals surface area contributed by atoms with Crippen LogP contribution in [-0.2, 0) is 30.4 Å². The lowest BCUT2D eigenvalue weighted by Crippen LogP contribution is -2.34. The van der Waals surface area contributed by atoms with Crippen LogP contribution in [0.1, 0.15) is 238 Å². The second kappa shape index (κ2) is 36.8. The normalized spacial score (nSPS) is 11.6. The molecule has 9 heteroatoms. The van der Waals surface area contributed by atoms with E-state index in [2.05, 4.69) is 184 Å². The third kappa shape index (κ3) is 60.2. The molecule has 2 heterocycles. The molecule has 0 radical (unpaired) electrons. The van der Waals surface area contributed by atoms with Gasteiger partial charge in [0.05, 0.1) is 12.8 Å². The highest BCUT2D eigenvalue weighted by Crippen LogP contribution is 2.31. The summed E-state index contributed by atoms with van der Waals surface area (Å²) in [6.07, 6.45) is 6.55. The van der Waals surface area contributed by atoms with Gasteiger partial charge in [0, 0.05) is 30.9 Å². The molecule has 0 atom stereocenters. The van der Waals surface area contributed by atoms with Crippen molar-refractivity contribution < 1.29 is 31.6 Å². The Morgan fingerprint density at radius 2 is 0.986 bits per heavy atom. The second-order valence-electron chi connectivity index (χ2n) is 26.1. The van der Waals surface area contributed by atoms with Crippen molar-refractivity contribution in [1.82, 2.24) is 5.32 Å². The number of hydrogen-bond donors (Lipinski definition) is 2. The minimum atomic E-state index is -4.40. The fraction of sp³-hybridized carbons (Fsp3) is 0.651. The lowest BCUT2D eigenvalue weighted by Gasteiger charge is -2.19. The van der Waals surface area contributed by atoms with Gasteiger partial charge in [-0.25, -0.2) is 0 Å². The molecule has 1 amide bonds. The third-order valence-corrected chi connectivity index (χ3v) is 9.29. The number of primary amides is 1. The van der Waals surface area contributed by atoms with Gasteiger partial charge in [0.15, 0.2) is 5.78 Å². The molecular weight excluding hydrogens is 906 g/mol. The predicted molar refractivity (Wildman–Crippen MR) is 305 cm³/mol. The average molecular weight is 1020 g/mol. The fourth-order valence-electron chi connectivity index (χ4n) is 5.05. The van der Waals surface area contributed by atoms with E-state index in [0.717, 1.165) is 29.7 Å².